The summed E-state index contributed by atoms with van der Waals surface area (Å²) in [4.78, 5) is 0. The molecule has 1 fully saturated rings. The summed E-state index contributed by atoms with van der Waals surface area (Å²) in [6.07, 6.45) is 8.98. The predicted octanol–water partition coefficient (Wildman–Crippen LogP) is 5.00. The number of ether oxygens (including phenoxy) is 1. The van der Waals surface area contributed by atoms with E-state index in [1.807, 2.05) is 6.07 Å². The van der Waals surface area contributed by atoms with Crippen molar-refractivity contribution in [2.24, 2.45) is 0 Å². The molecule has 1 aromatic carbocycles. The van der Waals surface area contributed by atoms with E-state index in [4.69, 9.17) is 4.74 Å². The Morgan fingerprint density at radius 2 is 1.89 bits per heavy atom. The second-order valence-electron chi connectivity index (χ2n) is 5.24. The first-order valence-electron chi connectivity index (χ1n) is 7.32. The van der Waals surface area contributed by atoms with E-state index >= 15 is 0 Å². The molecule has 0 aliphatic heterocycles. The van der Waals surface area contributed by atoms with Crippen LogP contribution < -0.4 is 0 Å². The van der Waals surface area contributed by atoms with E-state index in [9.17, 15) is 0 Å². The van der Waals surface area contributed by atoms with Gasteiger partial charge < -0.3 is 4.74 Å². The van der Waals surface area contributed by atoms with E-state index < -0.39 is 0 Å². The Kier molecular flexibility index (Phi) is 5.41. The summed E-state index contributed by atoms with van der Waals surface area (Å²) in [6.45, 7) is 6.91. The Balaban J connectivity index is 1.91. The Morgan fingerprint density at radius 1 is 1.21 bits per heavy atom. The van der Waals surface area contributed by atoms with Gasteiger partial charge in [0.15, 0.2) is 0 Å². The van der Waals surface area contributed by atoms with Gasteiger partial charge in [-0.15, -0.1) is 0 Å². The summed E-state index contributed by atoms with van der Waals surface area (Å²) in [5.74, 6) is 0. The average Bonchev–Trinajstić information content (AvgIpc) is 2.48. The highest BCUT2D eigenvalue weighted by Crippen LogP contribution is 2.25. The standard InChI is InChI=1S/C18H24O/c1-3-18(16-10-6-4-7-11-16)15(2)14-19-17-12-8-5-9-13-17/h3-4,6-7,10-11,17H,2,5,8-9,12-14H2,1H3/b18-3+. The second-order valence-corrected chi connectivity index (χ2v) is 5.24. The molecule has 1 aliphatic rings. The molecule has 1 saturated carbocycles. The minimum absolute atomic E-state index is 0.444. The molecule has 1 aromatic rings. The molecule has 0 heterocycles. The molecule has 0 atom stereocenters. The van der Waals surface area contributed by atoms with Gasteiger partial charge in [-0.2, -0.15) is 0 Å². The summed E-state index contributed by atoms with van der Waals surface area (Å²) >= 11 is 0. The topological polar surface area (TPSA) is 9.23 Å². The van der Waals surface area contributed by atoms with Gasteiger partial charge in [-0.25, -0.2) is 0 Å². The molecule has 19 heavy (non-hydrogen) atoms. The van der Waals surface area contributed by atoms with Gasteiger partial charge in [-0.3, -0.25) is 0 Å². The summed E-state index contributed by atoms with van der Waals surface area (Å²) in [5.41, 5.74) is 3.51. The molecular formula is C18H24O. The van der Waals surface area contributed by atoms with Gasteiger partial charge in [-0.05, 0) is 36.5 Å². The highest BCUT2D eigenvalue weighted by molar-refractivity contribution is 5.78. The van der Waals surface area contributed by atoms with Crippen LogP contribution in [0.4, 0.5) is 0 Å². The lowest BCUT2D eigenvalue weighted by Gasteiger charge is -2.23. The fourth-order valence-corrected chi connectivity index (χ4v) is 2.72. The molecule has 102 valence electrons. The number of hydrogen-bond acceptors (Lipinski definition) is 1. The van der Waals surface area contributed by atoms with Crippen molar-refractivity contribution in [3.8, 4) is 0 Å². The highest BCUT2D eigenvalue weighted by Gasteiger charge is 2.14. The maximum atomic E-state index is 6.01. The first-order chi connectivity index (χ1) is 9.31. The fourth-order valence-electron chi connectivity index (χ4n) is 2.72. The minimum Gasteiger partial charge on any atom is -0.374 e. The maximum absolute atomic E-state index is 6.01. The molecule has 0 bridgehead atoms. The lowest BCUT2D eigenvalue weighted by Crippen LogP contribution is -2.18. The SMILES string of the molecule is C=C(COC1CCCCC1)/C(=C\C)c1ccccc1. The van der Waals surface area contributed by atoms with Gasteiger partial charge in [-0.1, -0.05) is 62.2 Å². The van der Waals surface area contributed by atoms with Crippen LogP contribution in [0.2, 0.25) is 0 Å². The third-order valence-corrected chi connectivity index (χ3v) is 3.80. The van der Waals surface area contributed by atoms with E-state index in [2.05, 4.69) is 43.8 Å². The molecular weight excluding hydrogens is 232 g/mol. The third-order valence-electron chi connectivity index (χ3n) is 3.80. The van der Waals surface area contributed by atoms with Gasteiger partial charge in [0.1, 0.15) is 0 Å². The predicted molar refractivity (Wildman–Crippen MR) is 82.1 cm³/mol. The third kappa shape index (κ3) is 4.07. The molecule has 2 rings (SSSR count). The molecule has 0 spiro atoms. The van der Waals surface area contributed by atoms with Crippen molar-refractivity contribution in [2.75, 3.05) is 6.61 Å². The van der Waals surface area contributed by atoms with E-state index in [1.54, 1.807) is 0 Å². The van der Waals surface area contributed by atoms with Crippen LogP contribution in [0.3, 0.4) is 0 Å². The zero-order chi connectivity index (χ0) is 13.5. The Hall–Kier alpha value is -1.34. The molecule has 0 aromatic heterocycles. The number of allylic oxidation sites excluding steroid dienone is 1. The van der Waals surface area contributed by atoms with Crippen LogP contribution in [-0.4, -0.2) is 12.7 Å². The molecule has 0 N–H and O–H groups in total. The van der Waals surface area contributed by atoms with Gasteiger partial charge in [0, 0.05) is 0 Å². The molecule has 1 heteroatoms. The number of rotatable bonds is 5. The van der Waals surface area contributed by atoms with Crippen molar-refractivity contribution < 1.29 is 4.74 Å². The van der Waals surface area contributed by atoms with Crippen molar-refractivity contribution >= 4 is 5.57 Å². The Bertz CT molecular complexity index is 424. The van der Waals surface area contributed by atoms with Crippen LogP contribution in [0.1, 0.15) is 44.6 Å². The lowest BCUT2D eigenvalue weighted by molar-refractivity contribution is 0.0443. The van der Waals surface area contributed by atoms with Crippen molar-refractivity contribution in [3.05, 3.63) is 54.1 Å². The molecule has 0 unspecified atom stereocenters. The van der Waals surface area contributed by atoms with Crippen LogP contribution >= 0.6 is 0 Å². The van der Waals surface area contributed by atoms with Crippen molar-refractivity contribution in [2.45, 2.75) is 45.1 Å². The summed E-state index contributed by atoms with van der Waals surface area (Å²) in [6, 6.07) is 10.4. The Morgan fingerprint density at radius 3 is 2.53 bits per heavy atom. The Labute approximate surface area is 117 Å². The maximum Gasteiger partial charge on any atom is 0.0720 e. The minimum atomic E-state index is 0.444. The molecule has 1 nitrogen and oxygen atoms in total. The van der Waals surface area contributed by atoms with Crippen LogP contribution in [-0.2, 0) is 4.74 Å². The van der Waals surface area contributed by atoms with Crippen LogP contribution in [0.5, 0.6) is 0 Å². The van der Waals surface area contributed by atoms with Crippen molar-refractivity contribution in [3.63, 3.8) is 0 Å². The van der Waals surface area contributed by atoms with E-state index in [-0.39, 0.29) is 0 Å². The lowest BCUT2D eigenvalue weighted by atomic mass is 9.97. The largest absolute Gasteiger partial charge is 0.374 e. The number of benzene rings is 1. The zero-order valence-corrected chi connectivity index (χ0v) is 11.9. The van der Waals surface area contributed by atoms with Gasteiger partial charge in [0.05, 0.1) is 12.7 Å². The van der Waals surface area contributed by atoms with Crippen LogP contribution in [0.15, 0.2) is 48.6 Å². The monoisotopic (exact) mass is 256 g/mol. The molecule has 0 radical (unpaired) electrons. The first kappa shape index (κ1) is 14.1. The van der Waals surface area contributed by atoms with E-state index in [1.165, 1.54) is 43.2 Å². The first-order valence-corrected chi connectivity index (χ1v) is 7.32. The second kappa shape index (κ2) is 7.30. The van der Waals surface area contributed by atoms with E-state index in [0.717, 1.165) is 5.57 Å². The fraction of sp³-hybridized carbons (Fsp3) is 0.444. The van der Waals surface area contributed by atoms with Gasteiger partial charge in [0.25, 0.3) is 0 Å². The van der Waals surface area contributed by atoms with Gasteiger partial charge >= 0.3 is 0 Å². The molecule has 0 saturated heterocycles. The summed E-state index contributed by atoms with van der Waals surface area (Å²) in [5, 5.41) is 0. The molecule has 1 aliphatic carbocycles. The van der Waals surface area contributed by atoms with Crippen LogP contribution in [0, 0.1) is 0 Å². The van der Waals surface area contributed by atoms with Gasteiger partial charge in [0.2, 0.25) is 0 Å². The number of hydrogen-bond donors (Lipinski definition) is 0. The van der Waals surface area contributed by atoms with E-state index in [0.29, 0.717) is 12.7 Å². The summed E-state index contributed by atoms with van der Waals surface area (Å²) in [7, 11) is 0. The van der Waals surface area contributed by atoms with Crippen LogP contribution in [0.25, 0.3) is 5.57 Å². The summed E-state index contributed by atoms with van der Waals surface area (Å²) < 4.78 is 6.01. The van der Waals surface area contributed by atoms with Crippen molar-refractivity contribution in [1.29, 1.82) is 0 Å². The highest BCUT2D eigenvalue weighted by atomic mass is 16.5. The molecule has 0 amide bonds. The quantitative estimate of drug-likeness (QED) is 0.674. The normalized spacial score (nSPS) is 17.4. The zero-order valence-electron chi connectivity index (χ0n) is 11.9. The van der Waals surface area contributed by atoms with Crippen molar-refractivity contribution in [1.82, 2.24) is 0 Å². The smallest absolute Gasteiger partial charge is 0.0720 e. The average molecular weight is 256 g/mol.